The molecule has 1 aliphatic heterocycles. The average Bonchev–Trinajstić information content (AvgIpc) is 2.84. The Morgan fingerprint density at radius 3 is 2.94 bits per heavy atom. The monoisotopic (exact) mass is 257 g/mol. The second-order valence-corrected chi connectivity index (χ2v) is 4.97. The largest absolute Gasteiger partial charge is 0.378 e. The van der Waals surface area contributed by atoms with E-state index in [0.717, 1.165) is 30.3 Å². The van der Waals surface area contributed by atoms with Crippen LogP contribution in [0.4, 0.5) is 0 Å². The second-order valence-electron chi connectivity index (χ2n) is 4.57. The molecule has 17 heavy (non-hydrogen) atoms. The van der Waals surface area contributed by atoms with Crippen LogP contribution >= 0.6 is 11.6 Å². The molecule has 2 heterocycles. The summed E-state index contributed by atoms with van der Waals surface area (Å²) in [6, 6.07) is 0.220. The van der Waals surface area contributed by atoms with Crippen molar-refractivity contribution >= 4 is 11.6 Å². The zero-order valence-electron chi connectivity index (χ0n) is 10.6. The van der Waals surface area contributed by atoms with Gasteiger partial charge in [-0.1, -0.05) is 18.5 Å². The third-order valence-corrected chi connectivity index (χ3v) is 3.81. The van der Waals surface area contributed by atoms with Crippen LogP contribution in [0.1, 0.15) is 32.0 Å². The first-order valence-electron chi connectivity index (χ1n) is 6.17. The lowest BCUT2D eigenvalue weighted by atomic mass is 9.91. The maximum atomic E-state index is 6.24. The number of nitrogens with zero attached hydrogens (tertiary/aromatic N) is 2. The van der Waals surface area contributed by atoms with Crippen LogP contribution in [0, 0.1) is 5.92 Å². The standard InChI is InChI=1S/C12H20ClN3O/c1-4-14-11(9-5-6-17-8(9)2)12-10(13)7-15-16(12)3/h7-9,11,14H,4-6H2,1-3H3. The summed E-state index contributed by atoms with van der Waals surface area (Å²) in [5, 5.41) is 8.47. The summed E-state index contributed by atoms with van der Waals surface area (Å²) in [7, 11) is 1.94. The summed E-state index contributed by atoms with van der Waals surface area (Å²) < 4.78 is 7.52. The Labute approximate surface area is 107 Å². The molecule has 1 fully saturated rings. The lowest BCUT2D eigenvalue weighted by Gasteiger charge is -2.27. The normalized spacial score (nSPS) is 26.4. The van der Waals surface area contributed by atoms with Gasteiger partial charge in [0.15, 0.2) is 0 Å². The summed E-state index contributed by atoms with van der Waals surface area (Å²) in [6.45, 7) is 5.99. The van der Waals surface area contributed by atoms with E-state index in [1.807, 2.05) is 11.7 Å². The maximum Gasteiger partial charge on any atom is 0.0834 e. The van der Waals surface area contributed by atoms with Gasteiger partial charge in [-0.2, -0.15) is 5.10 Å². The molecule has 1 aliphatic rings. The quantitative estimate of drug-likeness (QED) is 0.898. The molecule has 0 bridgehead atoms. The number of ether oxygens (including phenoxy) is 1. The molecule has 0 amide bonds. The van der Waals surface area contributed by atoms with Crippen LogP contribution in [-0.2, 0) is 11.8 Å². The first-order valence-corrected chi connectivity index (χ1v) is 6.55. The number of aromatic nitrogens is 2. The van der Waals surface area contributed by atoms with Crippen molar-refractivity contribution in [3.05, 3.63) is 16.9 Å². The van der Waals surface area contributed by atoms with Gasteiger partial charge in [-0.05, 0) is 19.9 Å². The Hall–Kier alpha value is -0.580. The van der Waals surface area contributed by atoms with E-state index >= 15 is 0 Å². The number of nitrogens with one attached hydrogen (secondary N) is 1. The molecule has 4 nitrogen and oxygen atoms in total. The van der Waals surface area contributed by atoms with Crippen LogP contribution in [-0.4, -0.2) is 29.0 Å². The molecule has 2 rings (SSSR count). The molecule has 5 heteroatoms. The van der Waals surface area contributed by atoms with Crippen LogP contribution in [0.25, 0.3) is 0 Å². The molecule has 0 radical (unpaired) electrons. The van der Waals surface area contributed by atoms with Gasteiger partial charge < -0.3 is 10.1 Å². The molecule has 1 saturated heterocycles. The zero-order chi connectivity index (χ0) is 12.4. The van der Waals surface area contributed by atoms with E-state index < -0.39 is 0 Å². The highest BCUT2D eigenvalue weighted by Crippen LogP contribution is 2.35. The van der Waals surface area contributed by atoms with Gasteiger partial charge in [-0.15, -0.1) is 0 Å². The Balaban J connectivity index is 2.28. The van der Waals surface area contributed by atoms with Crippen LogP contribution in [0.2, 0.25) is 5.02 Å². The SMILES string of the molecule is CCNC(c1c(Cl)cnn1C)C1CCOC1C. The van der Waals surface area contributed by atoms with E-state index in [-0.39, 0.29) is 12.1 Å². The van der Waals surface area contributed by atoms with Gasteiger partial charge in [0.1, 0.15) is 0 Å². The average molecular weight is 258 g/mol. The van der Waals surface area contributed by atoms with Crippen molar-refractivity contribution in [2.24, 2.45) is 13.0 Å². The van der Waals surface area contributed by atoms with Crippen molar-refractivity contribution in [1.29, 1.82) is 0 Å². The Bertz CT molecular complexity index is 360. The van der Waals surface area contributed by atoms with Crippen molar-refractivity contribution in [2.45, 2.75) is 32.4 Å². The van der Waals surface area contributed by atoms with Crippen LogP contribution in [0.5, 0.6) is 0 Å². The predicted octanol–water partition coefficient (Wildman–Crippen LogP) is 2.15. The van der Waals surface area contributed by atoms with Gasteiger partial charge in [0.05, 0.1) is 29.1 Å². The molecule has 3 unspecified atom stereocenters. The fourth-order valence-corrected chi connectivity index (χ4v) is 2.91. The van der Waals surface area contributed by atoms with E-state index in [2.05, 4.69) is 24.3 Å². The van der Waals surface area contributed by atoms with Crippen molar-refractivity contribution in [3.63, 3.8) is 0 Å². The lowest BCUT2D eigenvalue weighted by Crippen LogP contribution is -2.33. The minimum atomic E-state index is 0.220. The summed E-state index contributed by atoms with van der Waals surface area (Å²) in [6.07, 6.45) is 3.05. The Kier molecular flexibility index (Phi) is 4.07. The highest BCUT2D eigenvalue weighted by molar-refractivity contribution is 6.31. The van der Waals surface area contributed by atoms with Gasteiger partial charge in [0.25, 0.3) is 0 Å². The van der Waals surface area contributed by atoms with Gasteiger partial charge in [0.2, 0.25) is 0 Å². The van der Waals surface area contributed by atoms with Crippen LogP contribution < -0.4 is 5.32 Å². The zero-order valence-corrected chi connectivity index (χ0v) is 11.4. The molecule has 0 spiro atoms. The summed E-state index contributed by atoms with van der Waals surface area (Å²) in [4.78, 5) is 0. The number of aryl methyl sites for hydroxylation is 1. The van der Waals surface area contributed by atoms with Gasteiger partial charge in [-0.25, -0.2) is 0 Å². The van der Waals surface area contributed by atoms with Gasteiger partial charge in [0, 0.05) is 19.6 Å². The van der Waals surface area contributed by atoms with Gasteiger partial charge in [-0.3, -0.25) is 4.68 Å². The van der Waals surface area contributed by atoms with Crippen molar-refractivity contribution < 1.29 is 4.74 Å². The molecule has 3 atom stereocenters. The summed E-state index contributed by atoms with van der Waals surface area (Å²) in [5.41, 5.74) is 1.07. The minimum Gasteiger partial charge on any atom is -0.378 e. The van der Waals surface area contributed by atoms with E-state index in [0.29, 0.717) is 5.92 Å². The third kappa shape index (κ3) is 2.49. The van der Waals surface area contributed by atoms with E-state index in [4.69, 9.17) is 16.3 Å². The predicted molar refractivity (Wildman–Crippen MR) is 68.2 cm³/mol. The third-order valence-electron chi connectivity index (χ3n) is 3.52. The minimum absolute atomic E-state index is 0.220. The number of hydrogen-bond acceptors (Lipinski definition) is 3. The first-order chi connectivity index (χ1) is 8.15. The topological polar surface area (TPSA) is 39.1 Å². The fourth-order valence-electron chi connectivity index (χ4n) is 2.63. The number of rotatable bonds is 4. The maximum absolute atomic E-state index is 6.24. The van der Waals surface area contributed by atoms with Crippen LogP contribution in [0.15, 0.2) is 6.20 Å². The van der Waals surface area contributed by atoms with E-state index in [9.17, 15) is 0 Å². The molecule has 0 aromatic carbocycles. The summed E-state index contributed by atoms with van der Waals surface area (Å²) in [5.74, 6) is 0.461. The molecular weight excluding hydrogens is 238 g/mol. The molecule has 1 aromatic heterocycles. The lowest BCUT2D eigenvalue weighted by molar-refractivity contribution is 0.0946. The molecule has 0 aliphatic carbocycles. The first kappa shape index (κ1) is 12.9. The highest BCUT2D eigenvalue weighted by Gasteiger charge is 2.34. The van der Waals surface area contributed by atoms with Crippen LogP contribution in [0.3, 0.4) is 0 Å². The number of halogens is 1. The van der Waals surface area contributed by atoms with E-state index in [1.54, 1.807) is 6.20 Å². The Morgan fingerprint density at radius 1 is 1.71 bits per heavy atom. The van der Waals surface area contributed by atoms with Gasteiger partial charge >= 0.3 is 0 Å². The van der Waals surface area contributed by atoms with Crippen molar-refractivity contribution in [2.75, 3.05) is 13.2 Å². The fraction of sp³-hybridized carbons (Fsp3) is 0.750. The molecule has 1 aromatic rings. The van der Waals surface area contributed by atoms with Crippen molar-refractivity contribution in [1.82, 2.24) is 15.1 Å². The number of hydrogen-bond donors (Lipinski definition) is 1. The smallest absolute Gasteiger partial charge is 0.0834 e. The summed E-state index contributed by atoms with van der Waals surface area (Å²) >= 11 is 6.24. The molecule has 96 valence electrons. The molecular formula is C12H20ClN3O. The van der Waals surface area contributed by atoms with E-state index in [1.165, 1.54) is 0 Å². The second kappa shape index (κ2) is 5.38. The van der Waals surface area contributed by atoms with Crippen molar-refractivity contribution in [3.8, 4) is 0 Å². The molecule has 1 N–H and O–H groups in total. The Morgan fingerprint density at radius 2 is 2.47 bits per heavy atom. The highest BCUT2D eigenvalue weighted by atomic mass is 35.5. The molecule has 0 saturated carbocycles.